The van der Waals surface area contributed by atoms with Crippen LogP contribution in [0.15, 0.2) is 24.3 Å². The third-order valence-electron chi connectivity index (χ3n) is 5.73. The van der Waals surface area contributed by atoms with Gasteiger partial charge in [-0.2, -0.15) is 5.06 Å². The average Bonchev–Trinajstić information content (AvgIpc) is 2.78. The third kappa shape index (κ3) is 6.38. The van der Waals surface area contributed by atoms with E-state index in [4.69, 9.17) is 10.5 Å². The molecule has 12 heteroatoms. The molecule has 1 amide bonds. The third-order valence-corrected chi connectivity index (χ3v) is 5.73. The fraction of sp³-hybridized carbons (Fsp3) is 0.619. The smallest absolute Gasteiger partial charge is 0.330 e. The number of amides is 1. The van der Waals surface area contributed by atoms with Gasteiger partial charge in [-0.25, -0.2) is 4.79 Å². The summed E-state index contributed by atoms with van der Waals surface area (Å²) < 4.78 is 5.16. The predicted molar refractivity (Wildman–Crippen MR) is 114 cm³/mol. The van der Waals surface area contributed by atoms with Crippen LogP contribution in [0.1, 0.15) is 25.3 Å². The second-order valence-electron chi connectivity index (χ2n) is 8.21. The van der Waals surface area contributed by atoms with Gasteiger partial charge < -0.3 is 46.5 Å². The van der Waals surface area contributed by atoms with Crippen LogP contribution in [0.3, 0.4) is 0 Å². The summed E-state index contributed by atoms with van der Waals surface area (Å²) in [7, 11) is 0. The van der Waals surface area contributed by atoms with Crippen molar-refractivity contribution in [1.29, 1.82) is 0 Å². The zero-order valence-corrected chi connectivity index (χ0v) is 18.4. The fourth-order valence-corrected chi connectivity index (χ4v) is 3.60. The normalized spacial score (nSPS) is 27.5. The lowest BCUT2D eigenvalue weighted by atomic mass is 9.80. The highest BCUT2D eigenvalue weighted by Crippen LogP contribution is 2.29. The van der Waals surface area contributed by atoms with Crippen molar-refractivity contribution >= 4 is 11.9 Å². The second-order valence-corrected chi connectivity index (χ2v) is 8.21. The van der Waals surface area contributed by atoms with Gasteiger partial charge in [0, 0.05) is 0 Å². The minimum atomic E-state index is -2.45. The lowest BCUT2D eigenvalue weighted by Gasteiger charge is -2.48. The zero-order valence-electron chi connectivity index (χ0n) is 18.4. The van der Waals surface area contributed by atoms with E-state index >= 15 is 0 Å². The minimum Gasteiger partial charge on any atom is -0.508 e. The molecular weight excluding hydrogens is 438 g/mol. The first-order chi connectivity index (χ1) is 15.5. The monoisotopic (exact) mass is 471 g/mol. The maximum atomic E-state index is 12.8. The number of nitrogens with one attached hydrogen (secondary N) is 1. The van der Waals surface area contributed by atoms with Gasteiger partial charge in [0.25, 0.3) is 0 Å². The Morgan fingerprint density at radius 2 is 1.94 bits per heavy atom. The van der Waals surface area contributed by atoms with Gasteiger partial charge in [0.2, 0.25) is 5.91 Å². The Balaban J connectivity index is 2.24. The minimum absolute atomic E-state index is 0.0163. The van der Waals surface area contributed by atoms with E-state index in [1.165, 1.54) is 12.1 Å². The molecule has 9 N–H and O–H groups in total. The number of rotatable bonds is 10. The summed E-state index contributed by atoms with van der Waals surface area (Å²) in [4.78, 5) is 25.6. The Kier molecular flexibility index (Phi) is 9.55. The van der Waals surface area contributed by atoms with Crippen molar-refractivity contribution in [2.45, 2.75) is 62.1 Å². The number of benzene rings is 1. The molecule has 0 spiro atoms. The average molecular weight is 472 g/mol. The van der Waals surface area contributed by atoms with Gasteiger partial charge in [-0.05, 0) is 30.5 Å². The zero-order chi connectivity index (χ0) is 24.8. The number of nitrogens with two attached hydrogens (primary N) is 1. The van der Waals surface area contributed by atoms with Crippen molar-refractivity contribution in [2.24, 2.45) is 5.73 Å². The number of aliphatic hydroxyl groups excluding tert-OH is 3. The van der Waals surface area contributed by atoms with E-state index in [2.05, 4.69) is 5.32 Å². The van der Waals surface area contributed by atoms with Crippen molar-refractivity contribution < 1.29 is 45.1 Å². The van der Waals surface area contributed by atoms with Crippen LogP contribution in [0, 0.1) is 0 Å². The Hall–Kier alpha value is -2.32. The fourth-order valence-electron chi connectivity index (χ4n) is 3.60. The molecule has 6 atom stereocenters. The first-order valence-corrected chi connectivity index (χ1v) is 10.7. The molecule has 1 unspecified atom stereocenters. The van der Waals surface area contributed by atoms with Crippen molar-refractivity contribution in [1.82, 2.24) is 10.4 Å². The molecule has 1 heterocycles. The number of phenolic OH excluding ortho intramolecular Hbond substituents is 1. The van der Waals surface area contributed by atoms with Crippen LogP contribution in [-0.4, -0.2) is 103 Å². The van der Waals surface area contributed by atoms with Crippen LogP contribution < -0.4 is 11.1 Å². The summed E-state index contributed by atoms with van der Waals surface area (Å²) in [5, 5.41) is 63.2. The van der Waals surface area contributed by atoms with Gasteiger partial charge >= 0.3 is 5.97 Å². The molecule has 1 aromatic rings. The first kappa shape index (κ1) is 26.9. The Bertz CT molecular complexity index is 794. The summed E-state index contributed by atoms with van der Waals surface area (Å²) in [5.74, 6) is -1.76. The molecule has 2 rings (SSSR count). The molecule has 33 heavy (non-hydrogen) atoms. The maximum Gasteiger partial charge on any atom is 0.330 e. The number of ether oxygens (including phenoxy) is 1. The van der Waals surface area contributed by atoms with E-state index in [0.29, 0.717) is 17.0 Å². The van der Waals surface area contributed by atoms with Gasteiger partial charge in [-0.3, -0.25) is 4.79 Å². The van der Waals surface area contributed by atoms with Crippen LogP contribution in [0.5, 0.6) is 5.75 Å². The molecule has 1 aromatic carbocycles. The van der Waals surface area contributed by atoms with Gasteiger partial charge in [0.05, 0.1) is 31.8 Å². The van der Waals surface area contributed by atoms with Crippen LogP contribution in [-0.2, 0) is 20.7 Å². The molecule has 0 aromatic heterocycles. The molecule has 1 aliphatic heterocycles. The molecule has 0 saturated carbocycles. The number of hydroxylamine groups is 2. The number of hydrogen-bond donors (Lipinski definition) is 8. The van der Waals surface area contributed by atoms with Crippen molar-refractivity contribution in [3.8, 4) is 5.75 Å². The number of aliphatic hydroxyl groups is 4. The lowest BCUT2D eigenvalue weighted by molar-refractivity contribution is -0.281. The van der Waals surface area contributed by atoms with Crippen molar-refractivity contribution in [3.63, 3.8) is 0 Å². The number of unbranched alkanes of at least 4 members (excludes halogenated alkanes) is 1. The number of β-amino-alcohol motifs (C(OH)–C–C–N with tert-alkyl or cyclic N) is 1. The second kappa shape index (κ2) is 11.7. The number of esters is 1. The summed E-state index contributed by atoms with van der Waals surface area (Å²) in [6.45, 7) is 0.208. The number of carbonyl (C=O) groups excluding carboxylic acids is 2. The number of hydrogen-bond acceptors (Lipinski definition) is 11. The summed E-state index contributed by atoms with van der Waals surface area (Å²) in [6.07, 6.45) is -2.46. The molecule has 1 aliphatic rings. The lowest BCUT2D eigenvalue weighted by Crippen LogP contribution is -2.74. The van der Waals surface area contributed by atoms with E-state index in [0.717, 1.165) is 6.42 Å². The molecule has 0 radical (unpaired) electrons. The van der Waals surface area contributed by atoms with Gasteiger partial charge in [0.1, 0.15) is 29.6 Å². The van der Waals surface area contributed by atoms with Crippen LogP contribution in [0.25, 0.3) is 0 Å². The number of piperidine rings is 1. The van der Waals surface area contributed by atoms with E-state index in [1.54, 1.807) is 12.1 Å². The predicted octanol–water partition coefficient (Wildman–Crippen LogP) is -2.39. The van der Waals surface area contributed by atoms with Crippen molar-refractivity contribution in [3.05, 3.63) is 29.8 Å². The van der Waals surface area contributed by atoms with Crippen LogP contribution in [0.2, 0.25) is 0 Å². The van der Waals surface area contributed by atoms with E-state index < -0.39 is 61.0 Å². The molecule has 1 fully saturated rings. The van der Waals surface area contributed by atoms with Gasteiger partial charge in [-0.1, -0.05) is 25.5 Å². The number of carbonyl (C=O) groups is 2. The molecule has 1 saturated heterocycles. The topological polar surface area (TPSA) is 206 Å². The highest BCUT2D eigenvalue weighted by atomic mass is 16.5. The summed E-state index contributed by atoms with van der Waals surface area (Å²) in [5.41, 5.74) is 4.15. The Labute approximate surface area is 191 Å². The van der Waals surface area contributed by atoms with Crippen LogP contribution >= 0.6 is 0 Å². The largest absolute Gasteiger partial charge is 0.508 e. The maximum absolute atomic E-state index is 12.8. The van der Waals surface area contributed by atoms with Crippen molar-refractivity contribution in [2.75, 3.05) is 19.8 Å². The van der Waals surface area contributed by atoms with E-state index in [1.807, 2.05) is 6.92 Å². The van der Waals surface area contributed by atoms with E-state index in [-0.39, 0.29) is 18.8 Å². The van der Waals surface area contributed by atoms with Crippen LogP contribution in [0.4, 0.5) is 0 Å². The molecule has 0 aliphatic carbocycles. The standard InChI is InChI=1S/C21H33N3O9/c1-2-3-8-33-20(30)16(17-18(28)21(31,11-25)15(27)10-24(17)32)23-19(29)14(22)9-12-4-6-13(26)7-5-12/h4-7,14-18,25-28,31-32H,2-3,8-11,22H2,1H3,(H,23,29)/t14-,15-,16?,17-,18-,21-/m0/s1. The molecule has 186 valence electrons. The molecular formula is C21H33N3O9. The number of aromatic hydroxyl groups is 1. The SMILES string of the molecule is CCCCOC(=O)C(NC(=O)[C@@H](N)Cc1ccc(O)cc1)[C@H]1[C@H](O)[C@](O)(CO)[C@@H](O)CN1O. The molecule has 12 nitrogen and oxygen atoms in total. The van der Waals surface area contributed by atoms with E-state index in [9.17, 15) is 40.3 Å². The van der Waals surface area contributed by atoms with Gasteiger partial charge in [-0.15, -0.1) is 0 Å². The van der Waals surface area contributed by atoms with Gasteiger partial charge in [0.15, 0.2) is 0 Å². The highest BCUT2D eigenvalue weighted by molar-refractivity contribution is 5.88. The highest BCUT2D eigenvalue weighted by Gasteiger charge is 2.56. The quantitative estimate of drug-likeness (QED) is 0.133. The number of nitrogens with zero attached hydrogens (tertiary/aromatic N) is 1. The summed E-state index contributed by atoms with van der Waals surface area (Å²) >= 11 is 0. The molecule has 0 bridgehead atoms. The Morgan fingerprint density at radius 3 is 2.52 bits per heavy atom. The number of phenols is 1. The Morgan fingerprint density at radius 1 is 1.30 bits per heavy atom. The summed E-state index contributed by atoms with van der Waals surface area (Å²) in [6, 6.07) is 1.53. The first-order valence-electron chi connectivity index (χ1n) is 10.7.